The molecule has 3 aromatic heterocycles. The molecule has 4 aliphatic heterocycles. The summed E-state index contributed by atoms with van der Waals surface area (Å²) in [5.74, 6) is -0.347. The predicted octanol–water partition coefficient (Wildman–Crippen LogP) is 8.20. The summed E-state index contributed by atoms with van der Waals surface area (Å²) in [6, 6.07) is 24.5. The van der Waals surface area contributed by atoms with Crippen molar-refractivity contribution < 1.29 is 52.5 Å². The molecule has 2 N–H and O–H groups in total. The lowest BCUT2D eigenvalue weighted by atomic mass is 10.2. The van der Waals surface area contributed by atoms with Crippen LogP contribution in [0.1, 0.15) is 26.3 Å². The van der Waals surface area contributed by atoms with Gasteiger partial charge in [0.05, 0.1) is 68.7 Å². The molecule has 4 fully saturated rings. The lowest BCUT2D eigenvalue weighted by molar-refractivity contribution is -0.126. The van der Waals surface area contributed by atoms with E-state index in [2.05, 4.69) is 15.5 Å². The predicted molar refractivity (Wildman–Crippen MR) is 265 cm³/mol. The van der Waals surface area contributed by atoms with Gasteiger partial charge in [-0.05, 0) is 91.9 Å². The Hall–Kier alpha value is -6.09. The second-order valence-corrected chi connectivity index (χ2v) is 19.8. The van der Waals surface area contributed by atoms with Gasteiger partial charge in [-0.1, -0.05) is 34.8 Å². The number of thiophene rings is 3. The molecule has 2 aromatic carbocycles. The van der Waals surface area contributed by atoms with Crippen LogP contribution in [0.2, 0.25) is 13.0 Å². The fraction of sp³-hybridized carbons (Fsp3) is 0.289. The largest absolute Gasteiger partial charge is 0.442 e. The number of hydrogen-bond donors (Lipinski definition) is 2. The molecule has 4 aliphatic rings. The third kappa shape index (κ3) is 15.0. The summed E-state index contributed by atoms with van der Waals surface area (Å²) in [5, 5.41) is 5.90. The second kappa shape index (κ2) is 25.5. The van der Waals surface area contributed by atoms with Crippen molar-refractivity contribution in [2.75, 3.05) is 85.3 Å². The van der Waals surface area contributed by atoms with Crippen LogP contribution in [0.3, 0.4) is 0 Å². The molecular weight excluding hydrogens is 1020 g/mol. The van der Waals surface area contributed by atoms with E-state index in [0.717, 1.165) is 16.3 Å². The molecule has 6 amide bonds. The van der Waals surface area contributed by atoms with Crippen LogP contribution in [0.4, 0.5) is 37.3 Å². The first-order valence-electron chi connectivity index (χ1n) is 20.7. The normalized spacial score (nSPS) is 17.5. The number of anilines is 4. The van der Waals surface area contributed by atoms with Crippen molar-refractivity contribution in [2.45, 2.75) is 19.1 Å². The van der Waals surface area contributed by atoms with Gasteiger partial charge in [0, 0.05) is 35.8 Å². The van der Waals surface area contributed by atoms with Gasteiger partial charge >= 0.3 is 12.2 Å². The molecule has 5 aromatic rings. The number of rotatable bonds is 11. The van der Waals surface area contributed by atoms with Gasteiger partial charge in [0.15, 0.2) is 5.78 Å². The van der Waals surface area contributed by atoms with E-state index in [0.29, 0.717) is 80.1 Å². The Morgan fingerprint density at radius 1 is 0.652 bits per heavy atom. The third-order valence-corrected chi connectivity index (χ3v) is 13.7. The topological polar surface area (TPSA) is 198 Å². The lowest BCUT2D eigenvalue weighted by Gasteiger charge is -2.27. The molecule has 0 aliphatic carbocycles. The van der Waals surface area contributed by atoms with Crippen molar-refractivity contribution in [1.82, 2.24) is 10.6 Å². The molecule has 0 radical (unpaired) electrons. The Morgan fingerprint density at radius 2 is 1.09 bits per heavy atom. The van der Waals surface area contributed by atoms with E-state index in [1.807, 2.05) is 0 Å². The molecule has 362 valence electrons. The van der Waals surface area contributed by atoms with Crippen molar-refractivity contribution in [1.29, 1.82) is 0 Å². The number of benzene rings is 2. The number of morpholine rings is 2. The summed E-state index contributed by atoms with van der Waals surface area (Å²) in [6.45, 7) is 11.4. The fourth-order valence-corrected chi connectivity index (χ4v) is 9.38. The van der Waals surface area contributed by atoms with Crippen molar-refractivity contribution in [2.24, 2.45) is 0 Å². The average molecular weight is 1060 g/mol. The summed E-state index contributed by atoms with van der Waals surface area (Å²) >= 11 is 20.7. The van der Waals surface area contributed by atoms with Crippen molar-refractivity contribution >= 4 is 139 Å². The molecule has 0 saturated carbocycles. The molecule has 9 rings (SSSR count). The first-order valence-corrected chi connectivity index (χ1v) is 24.3. The zero-order valence-corrected chi connectivity index (χ0v) is 41.2. The Balaban J connectivity index is 0.000000172. The molecular formula is C45H42Cl3N7O11S3. The molecule has 0 unspecified atom stereocenters. The van der Waals surface area contributed by atoms with Crippen molar-refractivity contribution in [3.05, 3.63) is 119 Å². The Bertz CT molecular complexity index is 2660. The number of nitrogens with one attached hydrogen (secondary N) is 2. The fourth-order valence-electron chi connectivity index (χ4n) is 6.66. The van der Waals surface area contributed by atoms with Gasteiger partial charge in [0.2, 0.25) is 11.4 Å². The maximum atomic E-state index is 12.2. The number of carbonyl (C=O) groups is 7. The van der Waals surface area contributed by atoms with Crippen LogP contribution in [0.25, 0.3) is 4.85 Å². The number of halogens is 3. The SMILES string of the molecule is CC(=O)c1ccc(Cl)s1.O=C(NC[C@H]1CN(c2ccc(N3CCOCC3=O)cc2)C(=O)O1)c1ccc(Cl)s1.O=CNC[C@H]1CN(c2ccc(N3CCOCC3=O)cc2)C(=O)O1.[C-]#[N+]c1ccc(Cl)s1. The summed E-state index contributed by atoms with van der Waals surface area (Å²) in [6.07, 6.45) is -1.17. The van der Waals surface area contributed by atoms with Gasteiger partial charge in [-0.3, -0.25) is 33.8 Å². The highest BCUT2D eigenvalue weighted by Crippen LogP contribution is 2.29. The van der Waals surface area contributed by atoms with E-state index in [1.165, 1.54) is 50.7 Å². The van der Waals surface area contributed by atoms with Gasteiger partial charge in [-0.25, -0.2) is 14.4 Å². The van der Waals surface area contributed by atoms with Crippen molar-refractivity contribution in [3.8, 4) is 0 Å². The molecule has 4 saturated heterocycles. The number of ketones is 1. The minimum Gasteiger partial charge on any atom is -0.442 e. The average Bonchev–Trinajstić information content (AvgIpc) is 4.22. The quantitative estimate of drug-likeness (QED) is 0.0735. The number of carbonyl (C=O) groups excluding carboxylic acids is 7. The van der Waals surface area contributed by atoms with Crippen LogP contribution in [0.15, 0.2) is 84.9 Å². The van der Waals surface area contributed by atoms with Crippen molar-refractivity contribution in [3.63, 3.8) is 0 Å². The highest BCUT2D eigenvalue weighted by molar-refractivity contribution is 7.20. The minimum atomic E-state index is -0.474. The number of ether oxygens (including phenoxy) is 4. The van der Waals surface area contributed by atoms with E-state index < -0.39 is 18.3 Å². The summed E-state index contributed by atoms with van der Waals surface area (Å²) in [7, 11) is 0. The maximum absolute atomic E-state index is 12.2. The second-order valence-electron chi connectivity index (χ2n) is 14.7. The van der Waals surface area contributed by atoms with E-state index in [-0.39, 0.29) is 55.9 Å². The van der Waals surface area contributed by atoms with Gasteiger partial charge in [-0.15, -0.1) is 34.0 Å². The smallest absolute Gasteiger partial charge is 0.414 e. The monoisotopic (exact) mass is 1060 g/mol. The van der Waals surface area contributed by atoms with Gasteiger partial charge in [-0.2, -0.15) is 0 Å². The zero-order valence-electron chi connectivity index (χ0n) is 36.5. The van der Waals surface area contributed by atoms with Crippen LogP contribution >= 0.6 is 68.8 Å². The molecule has 18 nitrogen and oxygen atoms in total. The van der Waals surface area contributed by atoms with E-state index in [1.54, 1.807) is 94.7 Å². The first kappa shape index (κ1) is 52.3. The van der Waals surface area contributed by atoms with E-state index in [4.69, 9.17) is 60.3 Å². The summed E-state index contributed by atoms with van der Waals surface area (Å²) in [4.78, 5) is 91.6. The van der Waals surface area contributed by atoms with Crippen LogP contribution in [-0.2, 0) is 33.3 Å². The van der Waals surface area contributed by atoms with Gasteiger partial charge < -0.3 is 39.4 Å². The third-order valence-electron chi connectivity index (χ3n) is 9.97. The summed E-state index contributed by atoms with van der Waals surface area (Å²) in [5.41, 5.74) is 2.88. The van der Waals surface area contributed by atoms with Crippen LogP contribution in [0, 0.1) is 6.57 Å². The first-order chi connectivity index (χ1) is 33.2. The molecule has 7 heterocycles. The number of nitrogens with zero attached hydrogens (tertiary/aromatic N) is 5. The Labute approximate surface area is 422 Å². The van der Waals surface area contributed by atoms with E-state index in [9.17, 15) is 33.6 Å². The molecule has 0 spiro atoms. The highest BCUT2D eigenvalue weighted by Gasteiger charge is 2.34. The van der Waals surface area contributed by atoms with Crippen LogP contribution < -0.4 is 30.2 Å². The number of hydrogen-bond acceptors (Lipinski definition) is 14. The standard InChI is InChI=1S/C19H18ClN3O5S.C15H17N3O5.C6H5ClOS.C5H2ClNS/c20-16-6-5-15(29-16)18(25)21-9-14-10-23(19(26)28-14)13-3-1-12(2-4-13)22-7-8-27-11-17(22)24;19-10-16-7-13-8-18(15(21)23-13)12-3-1-11(2-4-12)17-5-6-22-9-14(17)20;1-4(8)5-2-3-6(7)9-5;1-7-5-3-2-4(6)8-5/h1-6,14H,7-11H2,(H,21,25);1-4,10,13H,5-9H2,(H,16,19);2-3H,1H3;2-3H/t14-;13-;;/m00../s1. The Kier molecular flexibility index (Phi) is 19.3. The maximum Gasteiger partial charge on any atom is 0.414 e. The van der Waals surface area contributed by atoms with Crippen LogP contribution in [-0.4, -0.2) is 120 Å². The van der Waals surface area contributed by atoms with Gasteiger partial charge in [0.1, 0.15) is 25.4 Å². The number of Topliss-reactive ketones (excluding diaryl/α,β-unsaturated/α-hetero) is 1. The molecule has 2 atom stereocenters. The molecule has 24 heteroatoms. The Morgan fingerprint density at radius 3 is 1.45 bits per heavy atom. The van der Waals surface area contributed by atoms with E-state index >= 15 is 0 Å². The van der Waals surface area contributed by atoms with Crippen LogP contribution in [0.5, 0.6) is 0 Å². The minimum absolute atomic E-state index is 0.0747. The molecule has 0 bridgehead atoms. The van der Waals surface area contributed by atoms with Gasteiger partial charge in [0.25, 0.3) is 17.7 Å². The zero-order chi connectivity index (χ0) is 49.5. The lowest BCUT2D eigenvalue weighted by Crippen LogP contribution is -2.41. The molecule has 69 heavy (non-hydrogen) atoms. The highest BCUT2D eigenvalue weighted by atomic mass is 35.5. The summed E-state index contributed by atoms with van der Waals surface area (Å²) < 4.78 is 22.7. The number of amides is 6. The number of cyclic esters (lactones) is 2.